The Balaban J connectivity index is 2.55. The monoisotopic (exact) mass is 254 g/mol. The number of aromatic nitrogens is 2. The smallest absolute Gasteiger partial charge is 0.232 e. The Kier molecular flexibility index (Phi) is 2.54. The fourth-order valence-corrected chi connectivity index (χ4v) is 1.70. The molecule has 2 rings (SSSR count). The molecule has 0 aliphatic carbocycles. The van der Waals surface area contributed by atoms with E-state index < -0.39 is 11.0 Å². The molecule has 0 atom stereocenters. The highest BCUT2D eigenvalue weighted by Gasteiger charge is 2.46. The summed E-state index contributed by atoms with van der Waals surface area (Å²) >= 11 is 5.76. The molecule has 0 saturated carbocycles. The molecule has 1 aliphatic rings. The van der Waals surface area contributed by atoms with Crippen LogP contribution in [-0.4, -0.2) is 21.4 Å². The Bertz CT molecular complexity index is 484. The highest BCUT2D eigenvalue weighted by atomic mass is 35.5. The minimum absolute atomic E-state index is 0.0697. The van der Waals surface area contributed by atoms with Gasteiger partial charge in [-0.05, 0) is 39.3 Å². The zero-order chi connectivity index (χ0) is 12.8. The van der Waals surface area contributed by atoms with Crippen molar-refractivity contribution in [3.8, 4) is 0 Å². The zero-order valence-electron chi connectivity index (χ0n) is 10.3. The van der Waals surface area contributed by atoms with E-state index in [0.29, 0.717) is 11.5 Å². The van der Waals surface area contributed by atoms with Gasteiger partial charge in [-0.15, -0.1) is 0 Å². The van der Waals surface area contributed by atoms with Crippen LogP contribution in [0.2, 0.25) is 5.28 Å². The number of hydrogen-bond donors (Lipinski definition) is 2. The molecule has 0 spiro atoms. The third-order valence-corrected chi connectivity index (χ3v) is 3.75. The first kappa shape index (κ1) is 12.1. The summed E-state index contributed by atoms with van der Waals surface area (Å²) in [5.74, 6) is 0.480. The lowest BCUT2D eigenvalue weighted by molar-refractivity contribution is -0.126. The fraction of sp³-hybridized carbons (Fsp3) is 0.545. The lowest BCUT2D eigenvalue weighted by Gasteiger charge is -2.38. The summed E-state index contributed by atoms with van der Waals surface area (Å²) in [6.07, 6.45) is 1.51. The fourth-order valence-electron chi connectivity index (χ4n) is 1.56. The topological polar surface area (TPSA) is 66.9 Å². The van der Waals surface area contributed by atoms with Crippen molar-refractivity contribution in [2.75, 3.05) is 10.6 Å². The summed E-state index contributed by atoms with van der Waals surface area (Å²) in [4.78, 5) is 20.1. The van der Waals surface area contributed by atoms with Gasteiger partial charge in [0.05, 0.1) is 11.6 Å². The first-order valence-electron chi connectivity index (χ1n) is 5.36. The van der Waals surface area contributed by atoms with E-state index in [-0.39, 0.29) is 11.2 Å². The van der Waals surface area contributed by atoms with Crippen LogP contribution in [0.1, 0.15) is 27.7 Å². The number of nitrogens with one attached hydrogen (secondary N) is 2. The van der Waals surface area contributed by atoms with E-state index in [1.54, 1.807) is 0 Å². The van der Waals surface area contributed by atoms with Gasteiger partial charge in [0.25, 0.3) is 0 Å². The Hall–Kier alpha value is -1.36. The van der Waals surface area contributed by atoms with Crippen LogP contribution in [0.3, 0.4) is 0 Å². The largest absolute Gasteiger partial charge is 0.362 e. The van der Waals surface area contributed by atoms with Crippen LogP contribution in [0.4, 0.5) is 11.5 Å². The van der Waals surface area contributed by atoms with Gasteiger partial charge in [0.15, 0.2) is 5.82 Å². The maximum atomic E-state index is 12.2. The number of fused-ring (bicyclic) bond motifs is 1. The predicted molar refractivity (Wildman–Crippen MR) is 67.2 cm³/mol. The molecule has 1 aromatic rings. The van der Waals surface area contributed by atoms with Crippen molar-refractivity contribution in [2.45, 2.75) is 33.2 Å². The quantitative estimate of drug-likeness (QED) is 0.697. The third-order valence-electron chi connectivity index (χ3n) is 3.57. The van der Waals surface area contributed by atoms with Crippen molar-refractivity contribution in [2.24, 2.45) is 5.41 Å². The van der Waals surface area contributed by atoms with E-state index in [2.05, 4.69) is 20.6 Å². The lowest BCUT2D eigenvalue weighted by Crippen LogP contribution is -2.51. The second-order valence-corrected chi connectivity index (χ2v) is 5.57. The minimum Gasteiger partial charge on any atom is -0.362 e. The molecule has 0 fully saturated rings. The zero-order valence-corrected chi connectivity index (χ0v) is 11.0. The van der Waals surface area contributed by atoms with Gasteiger partial charge in [0.1, 0.15) is 5.69 Å². The van der Waals surface area contributed by atoms with E-state index in [1.165, 1.54) is 6.20 Å². The Morgan fingerprint density at radius 2 is 1.94 bits per heavy atom. The number of halogens is 1. The number of hydrogen-bond acceptors (Lipinski definition) is 4. The van der Waals surface area contributed by atoms with Crippen molar-refractivity contribution in [3.05, 3.63) is 11.5 Å². The molecule has 92 valence electrons. The van der Waals surface area contributed by atoms with Crippen LogP contribution in [0.25, 0.3) is 0 Å². The second-order valence-electron chi connectivity index (χ2n) is 5.23. The Morgan fingerprint density at radius 1 is 1.29 bits per heavy atom. The molecule has 17 heavy (non-hydrogen) atoms. The SMILES string of the molecule is CC1(C)Nc2nc(Cl)ncc2NC(=O)C1(C)C. The second kappa shape index (κ2) is 3.57. The molecule has 1 amide bonds. The van der Waals surface area contributed by atoms with E-state index in [1.807, 2.05) is 27.7 Å². The van der Waals surface area contributed by atoms with E-state index in [9.17, 15) is 4.79 Å². The molecule has 0 bridgehead atoms. The minimum atomic E-state index is -0.583. The van der Waals surface area contributed by atoms with Crippen molar-refractivity contribution < 1.29 is 4.79 Å². The Morgan fingerprint density at radius 3 is 2.59 bits per heavy atom. The van der Waals surface area contributed by atoms with Crippen molar-refractivity contribution in [1.82, 2.24) is 9.97 Å². The molecule has 2 N–H and O–H groups in total. The van der Waals surface area contributed by atoms with Crippen LogP contribution in [0.5, 0.6) is 0 Å². The predicted octanol–water partition coefficient (Wildman–Crippen LogP) is 2.30. The first-order chi connectivity index (χ1) is 7.74. The Labute approximate surface area is 105 Å². The molecule has 5 nitrogen and oxygen atoms in total. The molecule has 2 heterocycles. The van der Waals surface area contributed by atoms with Gasteiger partial charge in [-0.25, -0.2) is 4.98 Å². The molecular formula is C11H15ClN4O. The summed E-state index contributed by atoms with van der Waals surface area (Å²) < 4.78 is 0. The summed E-state index contributed by atoms with van der Waals surface area (Å²) in [5, 5.41) is 6.21. The van der Waals surface area contributed by atoms with E-state index in [4.69, 9.17) is 11.6 Å². The van der Waals surface area contributed by atoms with E-state index >= 15 is 0 Å². The molecular weight excluding hydrogens is 240 g/mol. The van der Waals surface area contributed by atoms with Crippen molar-refractivity contribution in [3.63, 3.8) is 0 Å². The molecule has 1 aliphatic heterocycles. The highest BCUT2D eigenvalue weighted by Crippen LogP contribution is 2.39. The first-order valence-corrected chi connectivity index (χ1v) is 5.74. The maximum Gasteiger partial charge on any atom is 0.232 e. The standard InChI is InChI=1S/C11H15ClN4O/c1-10(2)8(17)14-6-5-13-9(12)15-7(6)16-11(10,3)4/h5H,1-4H3,(H,14,17)(H,13,15,16). The average Bonchev–Trinajstić information content (AvgIpc) is 2.25. The van der Waals surface area contributed by atoms with Gasteiger partial charge in [-0.1, -0.05) is 0 Å². The van der Waals surface area contributed by atoms with Gasteiger partial charge < -0.3 is 10.6 Å². The molecule has 0 saturated heterocycles. The number of rotatable bonds is 0. The number of anilines is 2. The van der Waals surface area contributed by atoms with Gasteiger partial charge in [0, 0.05) is 5.54 Å². The third kappa shape index (κ3) is 1.84. The van der Waals surface area contributed by atoms with Gasteiger partial charge >= 0.3 is 0 Å². The number of nitrogens with zero attached hydrogens (tertiary/aromatic N) is 2. The number of carbonyl (C=O) groups excluding carboxylic acids is 1. The summed E-state index contributed by atoms with van der Waals surface area (Å²) in [6.45, 7) is 7.68. The normalized spacial score (nSPS) is 20.9. The lowest BCUT2D eigenvalue weighted by atomic mass is 9.74. The van der Waals surface area contributed by atoms with Gasteiger partial charge in [-0.2, -0.15) is 4.98 Å². The highest BCUT2D eigenvalue weighted by molar-refractivity contribution is 6.28. The molecule has 0 aromatic carbocycles. The van der Waals surface area contributed by atoms with Crippen LogP contribution in [-0.2, 0) is 4.79 Å². The molecule has 6 heteroatoms. The molecule has 0 unspecified atom stereocenters. The summed E-state index contributed by atoms with van der Waals surface area (Å²) in [6, 6.07) is 0. The summed E-state index contributed by atoms with van der Waals surface area (Å²) in [7, 11) is 0. The van der Waals surface area contributed by atoms with Crippen LogP contribution in [0.15, 0.2) is 6.20 Å². The van der Waals surface area contributed by atoms with Gasteiger partial charge in [0.2, 0.25) is 11.2 Å². The maximum absolute atomic E-state index is 12.2. The van der Waals surface area contributed by atoms with Crippen LogP contribution >= 0.6 is 11.6 Å². The van der Waals surface area contributed by atoms with E-state index in [0.717, 1.165) is 0 Å². The number of amides is 1. The molecule has 0 radical (unpaired) electrons. The van der Waals surface area contributed by atoms with Crippen LogP contribution < -0.4 is 10.6 Å². The summed E-state index contributed by atoms with van der Waals surface area (Å²) in [5.41, 5.74) is -0.474. The van der Waals surface area contributed by atoms with Crippen molar-refractivity contribution in [1.29, 1.82) is 0 Å². The van der Waals surface area contributed by atoms with Gasteiger partial charge in [-0.3, -0.25) is 4.79 Å². The average molecular weight is 255 g/mol. The van der Waals surface area contributed by atoms with Crippen LogP contribution in [0, 0.1) is 5.41 Å². The number of carbonyl (C=O) groups is 1. The molecule has 1 aromatic heterocycles. The van der Waals surface area contributed by atoms with Crippen molar-refractivity contribution >= 4 is 29.0 Å².